The van der Waals surface area contributed by atoms with Gasteiger partial charge in [0.05, 0.1) is 27.9 Å². The van der Waals surface area contributed by atoms with Gasteiger partial charge in [0.1, 0.15) is 4.60 Å². The summed E-state index contributed by atoms with van der Waals surface area (Å²) in [7, 11) is 0. The molecule has 0 unspecified atom stereocenters. The maximum Gasteiger partial charge on any atom is 0.271 e. The van der Waals surface area contributed by atoms with Gasteiger partial charge >= 0.3 is 0 Å². The van der Waals surface area contributed by atoms with Gasteiger partial charge in [-0.1, -0.05) is 17.7 Å². The number of aromatic nitrogens is 1. The van der Waals surface area contributed by atoms with E-state index in [9.17, 15) is 10.1 Å². The van der Waals surface area contributed by atoms with E-state index in [0.29, 0.717) is 17.3 Å². The van der Waals surface area contributed by atoms with E-state index in [1.165, 1.54) is 12.1 Å². The number of nitrogens with zero attached hydrogens (tertiary/aromatic N) is 2. The summed E-state index contributed by atoms with van der Waals surface area (Å²) in [5.74, 6) is 0. The SMILES string of the molecule is O=[N+]([O-])c1ccc(NCc2cccc(Br)n2)c(Cl)c1. The fraction of sp³-hybridized carbons (Fsp3) is 0.0833. The van der Waals surface area contributed by atoms with Gasteiger partial charge in [-0.2, -0.15) is 0 Å². The molecule has 0 bridgehead atoms. The van der Waals surface area contributed by atoms with E-state index in [1.807, 2.05) is 18.2 Å². The number of hydrogen-bond donors (Lipinski definition) is 1. The number of nitro groups is 1. The Bertz CT molecular complexity index is 622. The first-order chi connectivity index (χ1) is 9.06. The average Bonchev–Trinajstić information content (AvgIpc) is 2.37. The van der Waals surface area contributed by atoms with Gasteiger partial charge in [0.15, 0.2) is 0 Å². The van der Waals surface area contributed by atoms with Crippen LogP contribution < -0.4 is 5.32 Å². The number of anilines is 1. The van der Waals surface area contributed by atoms with Crippen LogP contribution in [0, 0.1) is 10.1 Å². The van der Waals surface area contributed by atoms with Crippen molar-refractivity contribution >= 4 is 38.9 Å². The van der Waals surface area contributed by atoms with Gasteiger partial charge in [0.2, 0.25) is 0 Å². The Morgan fingerprint density at radius 3 is 2.79 bits per heavy atom. The van der Waals surface area contributed by atoms with Crippen molar-refractivity contribution in [1.82, 2.24) is 4.98 Å². The predicted molar refractivity (Wildman–Crippen MR) is 77.4 cm³/mol. The zero-order valence-corrected chi connectivity index (χ0v) is 12.0. The Hall–Kier alpha value is -1.66. The molecule has 0 aliphatic carbocycles. The van der Waals surface area contributed by atoms with Crippen LogP contribution in [0.25, 0.3) is 0 Å². The van der Waals surface area contributed by atoms with Crippen molar-refractivity contribution in [2.24, 2.45) is 0 Å². The van der Waals surface area contributed by atoms with Gasteiger partial charge in [0.25, 0.3) is 5.69 Å². The lowest BCUT2D eigenvalue weighted by Crippen LogP contribution is -2.02. The molecule has 7 heteroatoms. The molecule has 0 aliphatic heterocycles. The molecule has 1 heterocycles. The number of benzene rings is 1. The lowest BCUT2D eigenvalue weighted by atomic mass is 10.2. The van der Waals surface area contributed by atoms with E-state index >= 15 is 0 Å². The first-order valence-corrected chi connectivity index (χ1v) is 6.52. The van der Waals surface area contributed by atoms with E-state index in [1.54, 1.807) is 6.07 Å². The van der Waals surface area contributed by atoms with E-state index in [4.69, 9.17) is 11.6 Å². The summed E-state index contributed by atoms with van der Waals surface area (Å²) in [6.45, 7) is 0.483. The second-order valence-electron chi connectivity index (χ2n) is 3.73. The van der Waals surface area contributed by atoms with Crippen LogP contribution in [0.4, 0.5) is 11.4 Å². The molecule has 0 fully saturated rings. The van der Waals surface area contributed by atoms with Crippen molar-refractivity contribution in [3.05, 3.63) is 61.8 Å². The lowest BCUT2D eigenvalue weighted by molar-refractivity contribution is -0.384. The molecule has 0 saturated heterocycles. The molecular weight excluding hydrogens is 334 g/mol. The fourth-order valence-corrected chi connectivity index (χ4v) is 2.12. The number of hydrogen-bond acceptors (Lipinski definition) is 4. The van der Waals surface area contributed by atoms with Crippen molar-refractivity contribution in [3.63, 3.8) is 0 Å². The summed E-state index contributed by atoms with van der Waals surface area (Å²) < 4.78 is 0.751. The van der Waals surface area contributed by atoms with Gasteiger partial charge in [0, 0.05) is 12.1 Å². The quantitative estimate of drug-likeness (QED) is 0.518. The van der Waals surface area contributed by atoms with Crippen LogP contribution in [-0.2, 0) is 6.54 Å². The van der Waals surface area contributed by atoms with Gasteiger partial charge in [-0.15, -0.1) is 0 Å². The average molecular weight is 343 g/mol. The number of nitro benzene ring substituents is 1. The van der Waals surface area contributed by atoms with Crippen LogP contribution in [0.2, 0.25) is 5.02 Å². The van der Waals surface area contributed by atoms with E-state index in [2.05, 4.69) is 26.2 Å². The topological polar surface area (TPSA) is 68.1 Å². The van der Waals surface area contributed by atoms with Crippen LogP contribution in [0.3, 0.4) is 0 Å². The molecule has 0 saturated carbocycles. The molecule has 1 aromatic heterocycles. The Balaban J connectivity index is 2.10. The Labute approximate surface area is 122 Å². The minimum atomic E-state index is -0.481. The fourth-order valence-electron chi connectivity index (χ4n) is 1.50. The molecule has 0 spiro atoms. The number of halogens is 2. The standard InChI is InChI=1S/C12H9BrClN3O2/c13-12-3-1-2-8(16-12)7-15-11-5-4-9(17(18)19)6-10(11)14/h1-6,15H,7H2. The summed E-state index contributed by atoms with van der Waals surface area (Å²) in [6, 6.07) is 9.89. The minimum Gasteiger partial charge on any atom is -0.378 e. The number of non-ortho nitro benzene ring substituents is 1. The maximum absolute atomic E-state index is 10.6. The molecule has 5 nitrogen and oxygen atoms in total. The van der Waals surface area contributed by atoms with Crippen LogP contribution in [0.5, 0.6) is 0 Å². The molecule has 98 valence electrons. The second-order valence-corrected chi connectivity index (χ2v) is 4.95. The highest BCUT2D eigenvalue weighted by Gasteiger charge is 2.09. The largest absolute Gasteiger partial charge is 0.378 e. The summed E-state index contributed by atoms with van der Waals surface area (Å²) in [5.41, 5.74) is 1.44. The first kappa shape index (κ1) is 13.8. The molecule has 2 aromatic rings. The van der Waals surface area contributed by atoms with Crippen LogP contribution in [0.15, 0.2) is 41.0 Å². The molecule has 0 radical (unpaired) electrons. The molecule has 1 aromatic carbocycles. The smallest absolute Gasteiger partial charge is 0.271 e. The molecule has 19 heavy (non-hydrogen) atoms. The third-order valence-electron chi connectivity index (χ3n) is 2.40. The summed E-state index contributed by atoms with van der Waals surface area (Å²) in [5, 5.41) is 14.0. The second kappa shape index (κ2) is 5.99. The predicted octanol–water partition coefficient (Wildman–Crippen LogP) is 4.02. The summed E-state index contributed by atoms with van der Waals surface area (Å²) in [6.07, 6.45) is 0. The highest BCUT2D eigenvalue weighted by molar-refractivity contribution is 9.10. The maximum atomic E-state index is 10.6. The third-order valence-corrected chi connectivity index (χ3v) is 3.15. The molecule has 2 rings (SSSR count). The summed E-state index contributed by atoms with van der Waals surface area (Å²) in [4.78, 5) is 14.4. The highest BCUT2D eigenvalue weighted by atomic mass is 79.9. The Morgan fingerprint density at radius 2 is 2.16 bits per heavy atom. The van der Waals surface area contributed by atoms with Gasteiger partial charge in [-0.3, -0.25) is 10.1 Å². The van der Waals surface area contributed by atoms with Crippen molar-refractivity contribution in [2.75, 3.05) is 5.32 Å². The number of pyridine rings is 1. The van der Waals surface area contributed by atoms with Gasteiger partial charge in [-0.25, -0.2) is 4.98 Å². The Kier molecular flexibility index (Phi) is 4.34. The normalized spacial score (nSPS) is 10.2. The number of nitrogens with one attached hydrogen (secondary N) is 1. The lowest BCUT2D eigenvalue weighted by Gasteiger charge is -2.08. The zero-order chi connectivity index (χ0) is 13.8. The summed E-state index contributed by atoms with van der Waals surface area (Å²) >= 11 is 9.26. The molecule has 0 atom stereocenters. The molecular formula is C12H9BrClN3O2. The van der Waals surface area contributed by atoms with Crippen molar-refractivity contribution < 1.29 is 4.92 Å². The monoisotopic (exact) mass is 341 g/mol. The Morgan fingerprint density at radius 1 is 1.37 bits per heavy atom. The van der Waals surface area contributed by atoms with Crippen LogP contribution in [0.1, 0.15) is 5.69 Å². The van der Waals surface area contributed by atoms with E-state index < -0.39 is 4.92 Å². The van der Waals surface area contributed by atoms with Gasteiger partial charge in [-0.05, 0) is 34.1 Å². The van der Waals surface area contributed by atoms with Crippen molar-refractivity contribution in [1.29, 1.82) is 0 Å². The highest BCUT2D eigenvalue weighted by Crippen LogP contribution is 2.26. The van der Waals surface area contributed by atoms with Crippen molar-refractivity contribution in [2.45, 2.75) is 6.54 Å². The molecule has 0 amide bonds. The third kappa shape index (κ3) is 3.65. The van der Waals surface area contributed by atoms with Crippen molar-refractivity contribution in [3.8, 4) is 0 Å². The minimum absolute atomic E-state index is 0.0314. The van der Waals surface area contributed by atoms with Crippen LogP contribution in [-0.4, -0.2) is 9.91 Å². The van der Waals surface area contributed by atoms with E-state index in [0.717, 1.165) is 10.3 Å². The first-order valence-electron chi connectivity index (χ1n) is 5.35. The van der Waals surface area contributed by atoms with Crippen LogP contribution >= 0.6 is 27.5 Å². The van der Waals surface area contributed by atoms with Gasteiger partial charge < -0.3 is 5.32 Å². The molecule has 1 N–H and O–H groups in total. The zero-order valence-electron chi connectivity index (χ0n) is 9.64. The number of rotatable bonds is 4. The molecule has 0 aliphatic rings. The van der Waals surface area contributed by atoms with E-state index in [-0.39, 0.29) is 5.69 Å².